The normalized spacial score (nSPS) is 38.0. The van der Waals surface area contributed by atoms with Crippen LogP contribution in [0.2, 0.25) is 0 Å². The Balaban J connectivity index is 2.29. The molecule has 0 aromatic rings. The number of nitrogens with two attached hydrogens (primary N) is 1. The topological polar surface area (TPSA) is 91.3 Å². The summed E-state index contributed by atoms with van der Waals surface area (Å²) in [5, 5.41) is 18.8. The zero-order valence-electron chi connectivity index (χ0n) is 10.3. The van der Waals surface area contributed by atoms with E-state index in [0.717, 1.165) is 11.1 Å². The van der Waals surface area contributed by atoms with Gasteiger partial charge in [0.05, 0.1) is 6.61 Å². The fourth-order valence-corrected chi connectivity index (χ4v) is 2.05. The molecule has 2 aliphatic rings. The highest BCUT2D eigenvalue weighted by atomic mass is 19.1. The number of amidine groups is 1. The van der Waals surface area contributed by atoms with E-state index in [4.69, 9.17) is 15.6 Å². The van der Waals surface area contributed by atoms with E-state index >= 15 is 0 Å². The van der Waals surface area contributed by atoms with Crippen molar-refractivity contribution in [3.05, 3.63) is 24.4 Å². The highest BCUT2D eigenvalue weighted by Gasteiger charge is 2.57. The maximum absolute atomic E-state index is 14.1. The summed E-state index contributed by atoms with van der Waals surface area (Å²) in [4.78, 5) is 4.40. The zero-order chi connectivity index (χ0) is 15.1. The lowest BCUT2D eigenvalue weighted by molar-refractivity contribution is -0.143. The van der Waals surface area contributed by atoms with E-state index in [2.05, 4.69) is 11.6 Å². The molecule has 1 fully saturated rings. The van der Waals surface area contributed by atoms with Crippen molar-refractivity contribution in [1.29, 1.82) is 0 Å². The Morgan fingerprint density at radius 3 is 2.75 bits per heavy atom. The van der Waals surface area contributed by atoms with Gasteiger partial charge >= 0.3 is 0 Å². The second-order valence-corrected chi connectivity index (χ2v) is 4.55. The van der Waals surface area contributed by atoms with Gasteiger partial charge in [-0.25, -0.2) is 18.2 Å². The highest BCUT2D eigenvalue weighted by molar-refractivity contribution is 5.96. The van der Waals surface area contributed by atoms with Crippen LogP contribution in [0, 0.1) is 0 Å². The molecule has 0 spiro atoms. The van der Waals surface area contributed by atoms with E-state index in [1.54, 1.807) is 0 Å². The Morgan fingerprint density at radius 2 is 2.25 bits per heavy atom. The van der Waals surface area contributed by atoms with Gasteiger partial charge in [0.15, 0.2) is 29.7 Å². The van der Waals surface area contributed by atoms with Crippen LogP contribution in [0.25, 0.3) is 0 Å². The summed E-state index contributed by atoms with van der Waals surface area (Å²) >= 11 is 0. The molecule has 112 valence electrons. The molecule has 4 N–H and O–H groups in total. The third kappa shape index (κ3) is 2.07. The molecule has 0 aliphatic carbocycles. The first-order valence-corrected chi connectivity index (χ1v) is 5.72. The number of alkyl halides is 2. The maximum atomic E-state index is 14.1. The molecule has 0 radical (unpaired) electrons. The summed E-state index contributed by atoms with van der Waals surface area (Å²) in [5.74, 6) is -1.50. The lowest BCUT2D eigenvalue weighted by Crippen LogP contribution is -2.47. The molecule has 2 aliphatic heterocycles. The van der Waals surface area contributed by atoms with Crippen molar-refractivity contribution < 1.29 is 28.1 Å². The van der Waals surface area contributed by atoms with Crippen LogP contribution >= 0.6 is 0 Å². The first kappa shape index (κ1) is 14.8. The summed E-state index contributed by atoms with van der Waals surface area (Å²) in [6.07, 6.45) is -4.77. The van der Waals surface area contributed by atoms with E-state index in [1.807, 2.05) is 0 Å². The van der Waals surface area contributed by atoms with Crippen molar-refractivity contribution in [1.82, 2.24) is 4.90 Å². The van der Waals surface area contributed by atoms with Crippen LogP contribution in [0.1, 0.15) is 0 Å². The molecule has 6 nitrogen and oxygen atoms in total. The number of hydrogen-bond donors (Lipinski definition) is 3. The van der Waals surface area contributed by atoms with Gasteiger partial charge in [0.2, 0.25) is 0 Å². The van der Waals surface area contributed by atoms with Gasteiger partial charge in [-0.1, -0.05) is 6.58 Å². The summed E-state index contributed by atoms with van der Waals surface area (Å²) in [6, 6.07) is 0. The molecule has 1 saturated heterocycles. The molecule has 0 saturated carbocycles. The second-order valence-electron chi connectivity index (χ2n) is 4.55. The first-order valence-electron chi connectivity index (χ1n) is 5.72. The number of nitrogens with zero attached hydrogens (tertiary/aromatic N) is 2. The molecule has 20 heavy (non-hydrogen) atoms. The Morgan fingerprint density at radius 1 is 1.60 bits per heavy atom. The van der Waals surface area contributed by atoms with Gasteiger partial charge in [-0.2, -0.15) is 0 Å². The van der Waals surface area contributed by atoms with Gasteiger partial charge in [0.1, 0.15) is 18.6 Å². The predicted molar refractivity (Wildman–Crippen MR) is 63.4 cm³/mol. The smallest absolute Gasteiger partial charge is 0.181 e. The minimum Gasteiger partial charge on any atom is -0.393 e. The van der Waals surface area contributed by atoms with Crippen LogP contribution in [0.5, 0.6) is 0 Å². The van der Waals surface area contributed by atoms with Gasteiger partial charge < -0.3 is 25.6 Å². The van der Waals surface area contributed by atoms with Crippen LogP contribution in [0.4, 0.5) is 13.2 Å². The standard InChI is InChI=1S/C11H14F3N3O3/c1-5-16-9(15)6(13)2-17(5)10-7(14)8(19)11(3-12,4-18)20-10/h2,7-8,10,18-19H,1,3-4H2,(H2,15,16)/t7-,8+,10-,11-/m1/s1. The van der Waals surface area contributed by atoms with Gasteiger partial charge in [-0.3, -0.25) is 0 Å². The van der Waals surface area contributed by atoms with E-state index < -0.39 is 49.0 Å². The summed E-state index contributed by atoms with van der Waals surface area (Å²) in [5.41, 5.74) is 3.14. The van der Waals surface area contributed by atoms with E-state index in [9.17, 15) is 18.3 Å². The third-order valence-electron chi connectivity index (χ3n) is 3.28. The van der Waals surface area contributed by atoms with Crippen LogP contribution in [-0.4, -0.2) is 58.3 Å². The van der Waals surface area contributed by atoms with Crippen molar-refractivity contribution in [2.45, 2.75) is 24.1 Å². The summed E-state index contributed by atoms with van der Waals surface area (Å²) < 4.78 is 45.5. The van der Waals surface area contributed by atoms with Crippen LogP contribution in [-0.2, 0) is 4.74 Å². The number of aliphatic imine (C=N–C) groups is 1. The number of rotatable bonds is 3. The number of hydrogen-bond acceptors (Lipinski definition) is 6. The number of aliphatic hydroxyl groups is 2. The van der Waals surface area contributed by atoms with Crippen LogP contribution < -0.4 is 5.73 Å². The van der Waals surface area contributed by atoms with Gasteiger partial charge in [0, 0.05) is 6.20 Å². The molecular formula is C11H14F3N3O3. The molecule has 9 heteroatoms. The largest absolute Gasteiger partial charge is 0.393 e. The average Bonchev–Trinajstić information content (AvgIpc) is 2.68. The minimum absolute atomic E-state index is 0.128. The van der Waals surface area contributed by atoms with Crippen LogP contribution in [0.3, 0.4) is 0 Å². The van der Waals surface area contributed by atoms with E-state index in [0.29, 0.717) is 0 Å². The van der Waals surface area contributed by atoms with Gasteiger partial charge in [-0.05, 0) is 0 Å². The summed E-state index contributed by atoms with van der Waals surface area (Å²) in [6.45, 7) is 1.21. The molecular weight excluding hydrogens is 279 g/mol. The van der Waals surface area contributed by atoms with Crippen molar-refractivity contribution in [2.75, 3.05) is 13.3 Å². The van der Waals surface area contributed by atoms with Crippen molar-refractivity contribution in [2.24, 2.45) is 10.7 Å². The van der Waals surface area contributed by atoms with E-state index in [1.165, 1.54) is 0 Å². The van der Waals surface area contributed by atoms with E-state index in [-0.39, 0.29) is 5.82 Å². The molecule has 0 amide bonds. The molecule has 2 heterocycles. The Bertz CT molecular complexity index is 479. The van der Waals surface area contributed by atoms with Crippen molar-refractivity contribution in [3.63, 3.8) is 0 Å². The fraction of sp³-hybridized carbons (Fsp3) is 0.545. The monoisotopic (exact) mass is 293 g/mol. The molecule has 4 atom stereocenters. The SMILES string of the molecule is C=C1N=C(N)C(F)=CN1[C@@H]1O[C@@](CO)(CF)[C@@H](O)[C@H]1F. The highest BCUT2D eigenvalue weighted by Crippen LogP contribution is 2.37. The number of ether oxygens (including phenoxy) is 1. The zero-order valence-corrected chi connectivity index (χ0v) is 10.3. The maximum Gasteiger partial charge on any atom is 0.181 e. The number of halogens is 3. The van der Waals surface area contributed by atoms with Crippen LogP contribution in [0.15, 0.2) is 29.4 Å². The predicted octanol–water partition coefficient (Wildman–Crippen LogP) is -0.303. The Labute approximate surface area is 112 Å². The molecule has 0 bridgehead atoms. The third-order valence-corrected chi connectivity index (χ3v) is 3.28. The lowest BCUT2D eigenvalue weighted by atomic mass is 9.98. The van der Waals surface area contributed by atoms with Crippen molar-refractivity contribution >= 4 is 5.84 Å². The molecule has 0 aromatic heterocycles. The summed E-state index contributed by atoms with van der Waals surface area (Å²) in [7, 11) is 0. The molecule has 0 unspecified atom stereocenters. The quantitative estimate of drug-likeness (QED) is 0.664. The number of aliphatic hydroxyl groups excluding tert-OH is 2. The first-order chi connectivity index (χ1) is 9.36. The van der Waals surface area contributed by atoms with Crippen molar-refractivity contribution in [3.8, 4) is 0 Å². The Kier molecular flexibility index (Phi) is 3.76. The average molecular weight is 293 g/mol. The fourth-order valence-electron chi connectivity index (χ4n) is 2.05. The minimum atomic E-state index is -2.10. The Hall–Kier alpha value is -1.58. The second kappa shape index (κ2) is 5.08. The molecule has 2 rings (SSSR count). The van der Waals surface area contributed by atoms with Gasteiger partial charge in [0.25, 0.3) is 0 Å². The molecule has 0 aromatic carbocycles. The lowest BCUT2D eigenvalue weighted by Gasteiger charge is -2.31. The van der Waals surface area contributed by atoms with Gasteiger partial charge in [-0.15, -0.1) is 0 Å².